The fourth-order valence-corrected chi connectivity index (χ4v) is 2.92. The van der Waals surface area contributed by atoms with E-state index in [4.69, 9.17) is 11.6 Å². The highest BCUT2D eigenvalue weighted by molar-refractivity contribution is 6.31. The topological polar surface area (TPSA) is 12.0 Å². The third-order valence-electron chi connectivity index (χ3n) is 3.74. The van der Waals surface area contributed by atoms with E-state index in [0.29, 0.717) is 6.04 Å². The molecule has 0 spiro atoms. The lowest BCUT2D eigenvalue weighted by atomic mass is 9.98. The van der Waals surface area contributed by atoms with Crippen LogP contribution in [0.2, 0.25) is 5.02 Å². The Balaban J connectivity index is 2.10. The van der Waals surface area contributed by atoms with Gasteiger partial charge in [0.25, 0.3) is 0 Å². The molecule has 0 bridgehead atoms. The van der Waals surface area contributed by atoms with E-state index in [1.807, 2.05) is 0 Å². The van der Waals surface area contributed by atoms with Crippen molar-refractivity contribution in [3.05, 3.63) is 70.2 Å². The Morgan fingerprint density at radius 3 is 2.52 bits per heavy atom. The minimum atomic E-state index is 0.318. The molecule has 2 rings (SSSR count). The predicted molar refractivity (Wildman–Crippen MR) is 92.0 cm³/mol. The van der Waals surface area contributed by atoms with E-state index in [2.05, 4.69) is 67.7 Å². The van der Waals surface area contributed by atoms with Gasteiger partial charge < -0.3 is 5.32 Å². The normalized spacial score (nSPS) is 12.3. The molecule has 2 aromatic rings. The summed E-state index contributed by atoms with van der Waals surface area (Å²) in [6.07, 6.45) is 3.25. The van der Waals surface area contributed by atoms with Crippen molar-refractivity contribution in [3.8, 4) is 0 Å². The number of halogens is 1. The van der Waals surface area contributed by atoms with Crippen molar-refractivity contribution in [3.63, 3.8) is 0 Å². The van der Waals surface area contributed by atoms with Crippen LogP contribution in [0.5, 0.6) is 0 Å². The van der Waals surface area contributed by atoms with Gasteiger partial charge in [0.05, 0.1) is 0 Å². The molecule has 0 radical (unpaired) electrons. The standard InChI is InChI=1S/C19H24ClN/c1-3-13-21-19(12-10-16-7-5-4-6-8-16)17-11-9-15(2)14-18(17)20/h4-9,11,14,19,21H,3,10,12-13H2,1-2H3. The van der Waals surface area contributed by atoms with Gasteiger partial charge in [-0.2, -0.15) is 0 Å². The van der Waals surface area contributed by atoms with E-state index in [1.54, 1.807) is 0 Å². The largest absolute Gasteiger partial charge is 0.310 e. The van der Waals surface area contributed by atoms with Crippen LogP contribution in [0.4, 0.5) is 0 Å². The number of rotatable bonds is 7. The first-order valence-corrected chi connectivity index (χ1v) is 8.12. The van der Waals surface area contributed by atoms with Crippen LogP contribution in [0.25, 0.3) is 0 Å². The summed E-state index contributed by atoms with van der Waals surface area (Å²) in [6, 6.07) is 17.3. The lowest BCUT2D eigenvalue weighted by Crippen LogP contribution is -2.23. The van der Waals surface area contributed by atoms with Gasteiger partial charge in [-0.15, -0.1) is 0 Å². The second-order valence-electron chi connectivity index (χ2n) is 5.56. The van der Waals surface area contributed by atoms with Gasteiger partial charge in [-0.05, 0) is 55.5 Å². The Kier molecular flexibility index (Phi) is 6.28. The SMILES string of the molecule is CCCNC(CCc1ccccc1)c1ccc(C)cc1Cl. The zero-order valence-corrected chi connectivity index (χ0v) is 13.7. The van der Waals surface area contributed by atoms with Crippen LogP contribution < -0.4 is 5.32 Å². The molecule has 1 atom stereocenters. The lowest BCUT2D eigenvalue weighted by molar-refractivity contribution is 0.499. The lowest BCUT2D eigenvalue weighted by Gasteiger charge is -2.20. The number of hydrogen-bond acceptors (Lipinski definition) is 1. The molecule has 1 N–H and O–H groups in total. The van der Waals surface area contributed by atoms with E-state index in [1.165, 1.54) is 16.7 Å². The summed E-state index contributed by atoms with van der Waals surface area (Å²) in [6.45, 7) is 5.29. The van der Waals surface area contributed by atoms with Gasteiger partial charge in [-0.25, -0.2) is 0 Å². The molecule has 112 valence electrons. The molecule has 0 fully saturated rings. The summed E-state index contributed by atoms with van der Waals surface area (Å²) in [5, 5.41) is 4.50. The molecule has 0 aliphatic carbocycles. The van der Waals surface area contributed by atoms with Gasteiger partial charge in [0, 0.05) is 11.1 Å². The molecule has 0 saturated heterocycles. The van der Waals surface area contributed by atoms with Crippen molar-refractivity contribution < 1.29 is 0 Å². The number of hydrogen-bond donors (Lipinski definition) is 1. The minimum Gasteiger partial charge on any atom is -0.310 e. The average molecular weight is 302 g/mol. The molecule has 0 saturated carbocycles. The van der Waals surface area contributed by atoms with Crippen LogP contribution in [0.3, 0.4) is 0 Å². The van der Waals surface area contributed by atoms with Crippen LogP contribution >= 0.6 is 11.6 Å². The van der Waals surface area contributed by atoms with Crippen LogP contribution in [0.15, 0.2) is 48.5 Å². The Hall–Kier alpha value is -1.31. The number of benzene rings is 2. The smallest absolute Gasteiger partial charge is 0.0456 e. The van der Waals surface area contributed by atoms with E-state index >= 15 is 0 Å². The van der Waals surface area contributed by atoms with Crippen molar-refractivity contribution in [1.82, 2.24) is 5.32 Å². The first-order valence-electron chi connectivity index (χ1n) is 7.74. The van der Waals surface area contributed by atoms with Gasteiger partial charge in [-0.3, -0.25) is 0 Å². The third kappa shape index (κ3) is 4.87. The van der Waals surface area contributed by atoms with Gasteiger partial charge in [0.2, 0.25) is 0 Å². The molecular formula is C19H24ClN. The molecule has 2 heteroatoms. The van der Waals surface area contributed by atoms with Gasteiger partial charge in [-0.1, -0.05) is 61.0 Å². The first kappa shape index (κ1) is 16.1. The summed E-state index contributed by atoms with van der Waals surface area (Å²) in [5.41, 5.74) is 3.80. The molecule has 1 nitrogen and oxygen atoms in total. The molecule has 2 aromatic carbocycles. The molecule has 21 heavy (non-hydrogen) atoms. The summed E-state index contributed by atoms with van der Waals surface area (Å²) in [5.74, 6) is 0. The quantitative estimate of drug-likeness (QED) is 0.729. The van der Waals surface area contributed by atoms with Gasteiger partial charge >= 0.3 is 0 Å². The first-order chi connectivity index (χ1) is 10.2. The summed E-state index contributed by atoms with van der Waals surface area (Å²) >= 11 is 6.44. The number of aryl methyl sites for hydroxylation is 2. The van der Waals surface area contributed by atoms with Gasteiger partial charge in [0.1, 0.15) is 0 Å². The highest BCUT2D eigenvalue weighted by Gasteiger charge is 2.14. The van der Waals surface area contributed by atoms with Crippen molar-refractivity contribution in [2.45, 2.75) is 39.2 Å². The van der Waals surface area contributed by atoms with Crippen LogP contribution in [0, 0.1) is 6.92 Å². The van der Waals surface area contributed by atoms with Gasteiger partial charge in [0.15, 0.2) is 0 Å². The van der Waals surface area contributed by atoms with Crippen molar-refractivity contribution >= 4 is 11.6 Å². The maximum atomic E-state index is 6.44. The maximum absolute atomic E-state index is 6.44. The van der Waals surface area contributed by atoms with Crippen molar-refractivity contribution in [2.75, 3.05) is 6.54 Å². The Bertz CT molecular complexity index is 551. The second kappa shape index (κ2) is 8.21. The maximum Gasteiger partial charge on any atom is 0.0456 e. The monoisotopic (exact) mass is 301 g/mol. The molecule has 0 amide bonds. The Morgan fingerprint density at radius 2 is 1.86 bits per heavy atom. The predicted octanol–water partition coefficient (Wildman–Crippen LogP) is 5.32. The highest BCUT2D eigenvalue weighted by Crippen LogP contribution is 2.27. The third-order valence-corrected chi connectivity index (χ3v) is 4.06. The van der Waals surface area contributed by atoms with Crippen molar-refractivity contribution in [2.24, 2.45) is 0 Å². The van der Waals surface area contributed by atoms with Crippen LogP contribution in [-0.4, -0.2) is 6.54 Å². The summed E-state index contributed by atoms with van der Waals surface area (Å²) in [4.78, 5) is 0. The average Bonchev–Trinajstić information content (AvgIpc) is 2.49. The Morgan fingerprint density at radius 1 is 1.10 bits per heavy atom. The summed E-state index contributed by atoms with van der Waals surface area (Å²) in [7, 11) is 0. The molecular weight excluding hydrogens is 278 g/mol. The molecule has 1 unspecified atom stereocenters. The molecule has 0 aliphatic heterocycles. The van der Waals surface area contributed by atoms with E-state index in [9.17, 15) is 0 Å². The fraction of sp³-hybridized carbons (Fsp3) is 0.368. The number of nitrogens with one attached hydrogen (secondary N) is 1. The van der Waals surface area contributed by atoms with E-state index in [-0.39, 0.29) is 0 Å². The molecule has 0 aliphatic rings. The highest BCUT2D eigenvalue weighted by atomic mass is 35.5. The Labute approximate surface area is 133 Å². The molecule has 0 heterocycles. The second-order valence-corrected chi connectivity index (χ2v) is 5.96. The zero-order valence-electron chi connectivity index (χ0n) is 12.9. The fourth-order valence-electron chi connectivity index (χ4n) is 2.56. The van der Waals surface area contributed by atoms with E-state index < -0.39 is 0 Å². The minimum absolute atomic E-state index is 0.318. The molecule has 0 aromatic heterocycles. The van der Waals surface area contributed by atoms with Crippen molar-refractivity contribution in [1.29, 1.82) is 0 Å². The zero-order chi connectivity index (χ0) is 15.1. The van der Waals surface area contributed by atoms with E-state index in [0.717, 1.165) is 30.8 Å². The van der Waals surface area contributed by atoms with Crippen LogP contribution in [0.1, 0.15) is 42.5 Å². The van der Waals surface area contributed by atoms with Crippen LogP contribution in [-0.2, 0) is 6.42 Å². The summed E-state index contributed by atoms with van der Waals surface area (Å²) < 4.78 is 0.